The van der Waals surface area contributed by atoms with Crippen LogP contribution in [0.4, 0.5) is 5.69 Å². The number of nitrogens with one attached hydrogen (secondary N) is 1. The van der Waals surface area contributed by atoms with Crippen LogP contribution < -0.4 is 5.32 Å². The van der Waals surface area contributed by atoms with E-state index in [2.05, 4.69) is 37.9 Å². The van der Waals surface area contributed by atoms with Gasteiger partial charge in [0.05, 0.1) is 0 Å². The number of benzene rings is 2. The minimum Gasteiger partial charge on any atom is -0.324 e. The van der Waals surface area contributed by atoms with E-state index in [-0.39, 0.29) is 11.9 Å². The summed E-state index contributed by atoms with van der Waals surface area (Å²) in [6.07, 6.45) is 0. The third kappa shape index (κ3) is 4.20. The lowest BCUT2D eigenvalue weighted by Crippen LogP contribution is -2.37. The van der Waals surface area contributed by atoms with Gasteiger partial charge in [-0.25, -0.2) is 0 Å². The van der Waals surface area contributed by atoms with Crippen LogP contribution in [-0.2, 0) is 4.79 Å². The molecular weight excluding hydrogens is 284 g/mol. The van der Waals surface area contributed by atoms with E-state index in [0.29, 0.717) is 0 Å². The van der Waals surface area contributed by atoms with Crippen molar-refractivity contribution >= 4 is 11.6 Å². The van der Waals surface area contributed by atoms with Gasteiger partial charge in [0, 0.05) is 5.69 Å². The van der Waals surface area contributed by atoms with Crippen LogP contribution in [-0.4, -0.2) is 23.9 Å². The summed E-state index contributed by atoms with van der Waals surface area (Å²) in [4.78, 5) is 15.1. The highest BCUT2D eigenvalue weighted by molar-refractivity contribution is 5.95. The molecule has 0 heterocycles. The Bertz CT molecular complexity index is 648. The van der Waals surface area contributed by atoms with Crippen molar-refractivity contribution in [1.82, 2.24) is 4.90 Å². The fraction of sp³-hybridized carbons (Fsp3) is 0.350. The van der Waals surface area contributed by atoms with Gasteiger partial charge in [0.25, 0.3) is 0 Å². The van der Waals surface area contributed by atoms with Crippen LogP contribution in [0.1, 0.15) is 36.6 Å². The molecule has 0 spiro atoms. The van der Waals surface area contributed by atoms with Crippen molar-refractivity contribution in [2.75, 3.05) is 18.4 Å². The summed E-state index contributed by atoms with van der Waals surface area (Å²) in [5.41, 5.74) is 4.29. The van der Waals surface area contributed by atoms with Crippen LogP contribution in [0.3, 0.4) is 0 Å². The molecule has 2 rings (SSSR count). The van der Waals surface area contributed by atoms with Crippen molar-refractivity contribution in [1.29, 1.82) is 0 Å². The normalized spacial score (nSPS) is 12.2. The third-order valence-corrected chi connectivity index (χ3v) is 4.32. The number of hydrogen-bond acceptors (Lipinski definition) is 2. The number of hydrogen-bond donors (Lipinski definition) is 1. The molecule has 1 amide bonds. The largest absolute Gasteiger partial charge is 0.324 e. The lowest BCUT2D eigenvalue weighted by molar-refractivity contribution is -0.121. The number of aryl methyl sites for hydroxylation is 2. The highest BCUT2D eigenvalue weighted by atomic mass is 16.2. The molecule has 0 aliphatic carbocycles. The molecule has 2 aromatic carbocycles. The number of amides is 1. The van der Waals surface area contributed by atoms with Gasteiger partial charge < -0.3 is 5.32 Å². The van der Waals surface area contributed by atoms with Crippen LogP contribution in [0.25, 0.3) is 0 Å². The van der Waals surface area contributed by atoms with Crippen molar-refractivity contribution in [3.8, 4) is 0 Å². The Balaban J connectivity index is 2.27. The number of carbonyl (C=O) groups excluding carboxylic acids is 1. The summed E-state index contributed by atoms with van der Waals surface area (Å²) in [6, 6.07) is 15.7. The lowest BCUT2D eigenvalue weighted by Gasteiger charge is -2.29. The highest BCUT2D eigenvalue weighted by Crippen LogP contribution is 2.23. The van der Waals surface area contributed by atoms with E-state index in [1.807, 2.05) is 48.5 Å². The van der Waals surface area contributed by atoms with E-state index in [4.69, 9.17) is 0 Å². The Kier molecular flexibility index (Phi) is 5.94. The number of rotatable bonds is 6. The molecule has 23 heavy (non-hydrogen) atoms. The molecule has 0 fully saturated rings. The maximum Gasteiger partial charge on any atom is 0.246 e. The quantitative estimate of drug-likeness (QED) is 0.861. The van der Waals surface area contributed by atoms with Gasteiger partial charge in [-0.2, -0.15) is 0 Å². The van der Waals surface area contributed by atoms with E-state index >= 15 is 0 Å². The van der Waals surface area contributed by atoms with Gasteiger partial charge in [0.15, 0.2) is 0 Å². The smallest absolute Gasteiger partial charge is 0.246 e. The second-order valence-electron chi connectivity index (χ2n) is 5.82. The number of likely N-dealkylation sites (N-methyl/N-ethyl adjacent to an activating group) is 1. The molecular formula is C20H26N2O. The first-order chi connectivity index (χ1) is 11.1. The molecule has 0 aromatic heterocycles. The van der Waals surface area contributed by atoms with Gasteiger partial charge in [-0.3, -0.25) is 9.69 Å². The topological polar surface area (TPSA) is 32.3 Å². The van der Waals surface area contributed by atoms with Crippen molar-refractivity contribution in [2.24, 2.45) is 0 Å². The van der Waals surface area contributed by atoms with E-state index < -0.39 is 0 Å². The van der Waals surface area contributed by atoms with Crippen molar-refractivity contribution in [3.05, 3.63) is 65.2 Å². The van der Waals surface area contributed by atoms with E-state index in [0.717, 1.165) is 24.3 Å². The first-order valence-corrected chi connectivity index (χ1v) is 8.24. The monoisotopic (exact) mass is 310 g/mol. The highest BCUT2D eigenvalue weighted by Gasteiger charge is 2.25. The zero-order valence-electron chi connectivity index (χ0n) is 14.5. The SMILES string of the molecule is CCN(CC)C(C(=O)Nc1ccc(C)c(C)c1)c1ccccc1. The zero-order chi connectivity index (χ0) is 16.8. The lowest BCUT2D eigenvalue weighted by atomic mass is 10.0. The number of anilines is 1. The summed E-state index contributed by atoms with van der Waals surface area (Å²) < 4.78 is 0. The van der Waals surface area contributed by atoms with Crippen LogP contribution in [0.5, 0.6) is 0 Å². The minimum atomic E-state index is -0.271. The Morgan fingerprint density at radius 3 is 2.22 bits per heavy atom. The molecule has 3 heteroatoms. The summed E-state index contributed by atoms with van der Waals surface area (Å²) in [7, 11) is 0. The molecule has 0 aliphatic rings. The second kappa shape index (κ2) is 7.93. The van der Waals surface area contributed by atoms with Crippen molar-refractivity contribution in [3.63, 3.8) is 0 Å². The molecule has 3 nitrogen and oxygen atoms in total. The summed E-state index contributed by atoms with van der Waals surface area (Å²) in [6.45, 7) is 9.96. The number of carbonyl (C=O) groups is 1. The fourth-order valence-electron chi connectivity index (χ4n) is 2.78. The minimum absolute atomic E-state index is 0.0168. The van der Waals surface area contributed by atoms with Gasteiger partial charge >= 0.3 is 0 Å². The average molecular weight is 310 g/mol. The van der Waals surface area contributed by atoms with Crippen molar-refractivity contribution < 1.29 is 4.79 Å². The van der Waals surface area contributed by atoms with Gasteiger partial charge in [0.1, 0.15) is 6.04 Å². The molecule has 0 bridgehead atoms. The fourth-order valence-corrected chi connectivity index (χ4v) is 2.78. The maximum absolute atomic E-state index is 12.9. The Morgan fingerprint density at radius 2 is 1.65 bits per heavy atom. The first-order valence-electron chi connectivity index (χ1n) is 8.24. The van der Waals surface area contributed by atoms with E-state index in [1.165, 1.54) is 11.1 Å². The van der Waals surface area contributed by atoms with Gasteiger partial charge in [-0.05, 0) is 55.8 Å². The van der Waals surface area contributed by atoms with E-state index in [9.17, 15) is 4.79 Å². The predicted molar refractivity (Wildman–Crippen MR) is 96.6 cm³/mol. The predicted octanol–water partition coefficient (Wildman–Crippen LogP) is 4.33. The van der Waals surface area contributed by atoms with Crippen molar-refractivity contribution in [2.45, 2.75) is 33.7 Å². The molecule has 0 saturated heterocycles. The second-order valence-corrected chi connectivity index (χ2v) is 5.82. The molecule has 2 aromatic rings. The molecule has 0 aliphatic heterocycles. The molecule has 0 radical (unpaired) electrons. The zero-order valence-corrected chi connectivity index (χ0v) is 14.5. The summed E-state index contributed by atoms with van der Waals surface area (Å²) >= 11 is 0. The Hall–Kier alpha value is -2.13. The molecule has 0 saturated carbocycles. The maximum atomic E-state index is 12.9. The van der Waals surface area contributed by atoms with Gasteiger partial charge in [0.2, 0.25) is 5.91 Å². The first kappa shape index (κ1) is 17.2. The summed E-state index contributed by atoms with van der Waals surface area (Å²) in [5.74, 6) is 0.0168. The molecule has 1 unspecified atom stereocenters. The van der Waals surface area contributed by atoms with Crippen LogP contribution >= 0.6 is 0 Å². The van der Waals surface area contributed by atoms with E-state index in [1.54, 1.807) is 0 Å². The average Bonchev–Trinajstić information content (AvgIpc) is 2.56. The van der Waals surface area contributed by atoms with Gasteiger partial charge in [-0.1, -0.05) is 50.2 Å². The van der Waals surface area contributed by atoms with Gasteiger partial charge in [-0.15, -0.1) is 0 Å². The third-order valence-electron chi connectivity index (χ3n) is 4.32. The molecule has 1 N–H and O–H groups in total. The van der Waals surface area contributed by atoms with Crippen LogP contribution in [0, 0.1) is 13.8 Å². The Labute approximate surface area is 139 Å². The summed E-state index contributed by atoms with van der Waals surface area (Å²) in [5, 5.41) is 3.08. The molecule has 122 valence electrons. The number of nitrogens with zero attached hydrogens (tertiary/aromatic N) is 1. The van der Waals surface area contributed by atoms with Crippen LogP contribution in [0.2, 0.25) is 0 Å². The standard InChI is InChI=1S/C20H26N2O/c1-5-22(6-2)19(17-10-8-7-9-11-17)20(23)21-18-13-12-15(3)16(4)14-18/h7-14,19H,5-6H2,1-4H3,(H,21,23). The molecule has 1 atom stereocenters. The Morgan fingerprint density at radius 1 is 1.00 bits per heavy atom. The van der Waals surface area contributed by atoms with Crippen LogP contribution in [0.15, 0.2) is 48.5 Å².